The number of carbonyl (C=O) groups is 1. The van der Waals surface area contributed by atoms with Crippen LogP contribution < -0.4 is 10.0 Å². The first kappa shape index (κ1) is 17.1. The van der Waals surface area contributed by atoms with Crippen LogP contribution in [-0.4, -0.2) is 50.4 Å². The highest BCUT2D eigenvalue weighted by molar-refractivity contribution is 7.88. The topological polar surface area (TPSA) is 108 Å². The Kier molecular flexibility index (Phi) is 6.81. The van der Waals surface area contributed by atoms with Crippen molar-refractivity contribution in [2.24, 2.45) is 0 Å². The van der Waals surface area contributed by atoms with E-state index in [0.29, 0.717) is 18.5 Å². The highest BCUT2D eigenvalue weighted by Gasteiger charge is 2.06. The molecule has 114 valence electrons. The number of nitrogens with one attached hydrogen (secondary N) is 2. The molecule has 0 unspecified atom stereocenters. The van der Waals surface area contributed by atoms with Gasteiger partial charge in [0.2, 0.25) is 10.0 Å². The van der Waals surface area contributed by atoms with E-state index < -0.39 is 10.0 Å². The van der Waals surface area contributed by atoms with Gasteiger partial charge in [-0.1, -0.05) is 11.8 Å². The van der Waals surface area contributed by atoms with Crippen LogP contribution >= 0.6 is 0 Å². The number of sulfonamides is 1. The average molecular weight is 311 g/mol. The molecule has 0 spiro atoms. The van der Waals surface area contributed by atoms with Crippen LogP contribution in [0.1, 0.15) is 22.5 Å². The van der Waals surface area contributed by atoms with Gasteiger partial charge in [0.25, 0.3) is 5.91 Å². The highest BCUT2D eigenvalue weighted by atomic mass is 32.2. The van der Waals surface area contributed by atoms with E-state index in [-0.39, 0.29) is 24.8 Å². The maximum Gasteiger partial charge on any atom is 0.269 e. The van der Waals surface area contributed by atoms with E-state index in [2.05, 4.69) is 26.9 Å². The zero-order chi connectivity index (χ0) is 15.7. The van der Waals surface area contributed by atoms with Crippen LogP contribution in [0.15, 0.2) is 18.3 Å². The minimum Gasteiger partial charge on any atom is -0.384 e. The summed E-state index contributed by atoms with van der Waals surface area (Å²) in [7, 11) is -3.20. The molecule has 0 fully saturated rings. The molecule has 3 N–H and O–H groups in total. The molecule has 0 aliphatic carbocycles. The maximum absolute atomic E-state index is 11.7. The number of pyridine rings is 1. The monoisotopic (exact) mass is 311 g/mol. The fraction of sp³-hybridized carbons (Fsp3) is 0.385. The lowest BCUT2D eigenvalue weighted by molar-refractivity contribution is 0.0948. The predicted octanol–water partition coefficient (Wildman–Crippen LogP) is -0.905. The minimum atomic E-state index is -3.20. The van der Waals surface area contributed by atoms with E-state index in [9.17, 15) is 13.2 Å². The second-order valence-corrected chi connectivity index (χ2v) is 6.00. The summed E-state index contributed by atoms with van der Waals surface area (Å²) in [5.74, 6) is 4.82. The molecular weight excluding hydrogens is 294 g/mol. The normalized spacial score (nSPS) is 10.6. The van der Waals surface area contributed by atoms with Crippen LogP contribution in [0, 0.1) is 11.8 Å². The molecule has 1 amide bonds. The van der Waals surface area contributed by atoms with E-state index >= 15 is 0 Å². The molecular formula is C13H17N3O4S. The summed E-state index contributed by atoms with van der Waals surface area (Å²) < 4.78 is 24.0. The Morgan fingerprint density at radius 2 is 2.14 bits per heavy atom. The highest BCUT2D eigenvalue weighted by Crippen LogP contribution is 1.98. The van der Waals surface area contributed by atoms with Crippen molar-refractivity contribution in [2.75, 3.05) is 26.0 Å². The smallest absolute Gasteiger partial charge is 0.269 e. The summed E-state index contributed by atoms with van der Waals surface area (Å²) in [5.41, 5.74) is 0.860. The van der Waals surface area contributed by atoms with Gasteiger partial charge in [-0.05, 0) is 18.6 Å². The molecule has 0 radical (unpaired) electrons. The lowest BCUT2D eigenvalue weighted by atomic mass is 10.2. The first-order chi connectivity index (χ1) is 9.92. The quantitative estimate of drug-likeness (QED) is 0.466. The van der Waals surface area contributed by atoms with Crippen molar-refractivity contribution in [3.8, 4) is 11.8 Å². The zero-order valence-electron chi connectivity index (χ0n) is 11.6. The van der Waals surface area contributed by atoms with E-state index in [1.54, 1.807) is 6.07 Å². The van der Waals surface area contributed by atoms with Crippen molar-refractivity contribution in [1.29, 1.82) is 0 Å². The van der Waals surface area contributed by atoms with E-state index in [4.69, 9.17) is 5.11 Å². The third kappa shape index (κ3) is 7.41. The summed E-state index contributed by atoms with van der Waals surface area (Å²) in [6, 6.07) is 3.17. The molecule has 0 bridgehead atoms. The first-order valence-electron chi connectivity index (χ1n) is 6.21. The molecule has 21 heavy (non-hydrogen) atoms. The average Bonchev–Trinajstić information content (AvgIpc) is 2.44. The van der Waals surface area contributed by atoms with Gasteiger partial charge in [-0.2, -0.15) is 0 Å². The van der Waals surface area contributed by atoms with E-state index in [1.807, 2.05) is 0 Å². The molecule has 7 nitrogen and oxygen atoms in total. The Morgan fingerprint density at radius 3 is 2.71 bits per heavy atom. The largest absolute Gasteiger partial charge is 0.384 e. The molecule has 1 aromatic rings. The number of aromatic nitrogens is 1. The number of amides is 1. The lowest BCUT2D eigenvalue weighted by Crippen LogP contribution is -2.29. The summed E-state index contributed by atoms with van der Waals surface area (Å²) in [6.07, 6.45) is 3.01. The number of rotatable bonds is 6. The fourth-order valence-electron chi connectivity index (χ4n) is 1.38. The van der Waals surface area contributed by atoms with Gasteiger partial charge >= 0.3 is 0 Å². The van der Waals surface area contributed by atoms with Crippen LogP contribution in [0.4, 0.5) is 0 Å². The van der Waals surface area contributed by atoms with Crippen LogP contribution in [0.2, 0.25) is 0 Å². The summed E-state index contributed by atoms with van der Waals surface area (Å²) in [6.45, 7) is 0.376. The van der Waals surface area contributed by atoms with E-state index in [1.165, 1.54) is 12.3 Å². The molecule has 1 heterocycles. The van der Waals surface area contributed by atoms with Gasteiger partial charge in [0.15, 0.2) is 0 Å². The van der Waals surface area contributed by atoms with Gasteiger partial charge in [-0.25, -0.2) is 18.1 Å². The van der Waals surface area contributed by atoms with Crippen LogP contribution in [0.3, 0.4) is 0 Å². The molecule has 0 aliphatic heterocycles. The Bertz CT molecular complexity index is 630. The molecule has 0 aliphatic rings. The second kappa shape index (κ2) is 8.36. The second-order valence-electron chi connectivity index (χ2n) is 4.17. The van der Waals surface area contributed by atoms with Gasteiger partial charge in [0.1, 0.15) is 12.3 Å². The molecule has 0 saturated carbocycles. The van der Waals surface area contributed by atoms with Crippen molar-refractivity contribution in [3.63, 3.8) is 0 Å². The molecule has 0 saturated heterocycles. The summed E-state index contributed by atoms with van der Waals surface area (Å²) in [4.78, 5) is 15.7. The maximum atomic E-state index is 11.7. The lowest BCUT2D eigenvalue weighted by Gasteiger charge is -2.05. The van der Waals surface area contributed by atoms with Crippen molar-refractivity contribution in [2.45, 2.75) is 6.42 Å². The number of hydrogen-bond acceptors (Lipinski definition) is 5. The molecule has 1 rings (SSSR count). The SMILES string of the molecule is CS(=O)(=O)NCCCNC(=O)c1ccc(C#CCO)cn1. The standard InChI is InChI=1S/C13H17N3O4S/c1-21(19,20)16-8-3-7-14-13(18)12-6-5-11(10-15-12)4-2-9-17/h5-6,10,16-17H,3,7-9H2,1H3,(H,14,18). The summed E-state index contributed by atoms with van der Waals surface area (Å²) >= 11 is 0. The van der Waals surface area contributed by atoms with Crippen molar-refractivity contribution in [1.82, 2.24) is 15.0 Å². The fourth-order valence-corrected chi connectivity index (χ4v) is 1.90. The summed E-state index contributed by atoms with van der Waals surface area (Å²) in [5, 5.41) is 11.2. The number of hydrogen-bond donors (Lipinski definition) is 3. The van der Waals surface area contributed by atoms with E-state index in [0.717, 1.165) is 6.26 Å². The van der Waals surface area contributed by atoms with Gasteiger partial charge in [-0.3, -0.25) is 4.79 Å². The number of carbonyl (C=O) groups excluding carboxylic acids is 1. The zero-order valence-corrected chi connectivity index (χ0v) is 12.4. The van der Waals surface area contributed by atoms with Gasteiger partial charge in [-0.15, -0.1) is 0 Å². The van der Waals surface area contributed by atoms with Crippen molar-refractivity contribution >= 4 is 15.9 Å². The third-order valence-electron chi connectivity index (χ3n) is 2.31. The van der Waals surface area contributed by atoms with Crippen molar-refractivity contribution in [3.05, 3.63) is 29.6 Å². The first-order valence-corrected chi connectivity index (χ1v) is 8.10. The predicted molar refractivity (Wildman–Crippen MR) is 78.0 cm³/mol. The van der Waals surface area contributed by atoms with Crippen LogP contribution in [0.25, 0.3) is 0 Å². The Balaban J connectivity index is 2.38. The van der Waals surface area contributed by atoms with Crippen LogP contribution in [0.5, 0.6) is 0 Å². The van der Waals surface area contributed by atoms with Crippen LogP contribution in [-0.2, 0) is 10.0 Å². The van der Waals surface area contributed by atoms with Crippen molar-refractivity contribution < 1.29 is 18.3 Å². The molecule has 0 aromatic carbocycles. The minimum absolute atomic E-state index is 0.232. The number of nitrogens with zero attached hydrogens (tertiary/aromatic N) is 1. The Labute approximate surface area is 123 Å². The molecule has 0 atom stereocenters. The van der Waals surface area contributed by atoms with Gasteiger partial charge in [0.05, 0.1) is 6.26 Å². The molecule has 1 aromatic heterocycles. The van der Waals surface area contributed by atoms with Gasteiger partial charge < -0.3 is 10.4 Å². The number of aliphatic hydroxyl groups is 1. The Hall–Kier alpha value is -1.95. The Morgan fingerprint density at radius 1 is 1.38 bits per heavy atom. The molecule has 8 heteroatoms. The number of aliphatic hydroxyl groups excluding tert-OH is 1. The van der Waals surface area contributed by atoms with Gasteiger partial charge in [0, 0.05) is 24.8 Å². The third-order valence-corrected chi connectivity index (χ3v) is 3.04.